The van der Waals surface area contributed by atoms with Crippen LogP contribution in [0.25, 0.3) is 33.5 Å². The highest BCUT2D eigenvalue weighted by atomic mass is 35.5. The number of nitrogens with one attached hydrogen (secondary N) is 1. The number of anilines is 1. The second kappa shape index (κ2) is 12.3. The van der Waals surface area contributed by atoms with Crippen molar-refractivity contribution in [1.82, 2.24) is 9.55 Å². The Morgan fingerprint density at radius 2 is 1.66 bits per heavy atom. The maximum absolute atomic E-state index is 11.9. The van der Waals surface area contributed by atoms with Gasteiger partial charge in [-0.3, -0.25) is 4.72 Å². The summed E-state index contributed by atoms with van der Waals surface area (Å²) >= 11 is 6.10. The van der Waals surface area contributed by atoms with Crippen LogP contribution in [0.4, 0.5) is 5.69 Å². The number of benzene rings is 4. The average Bonchev–Trinajstić information content (AvgIpc) is 3.39. The first-order chi connectivity index (χ1) is 21.1. The van der Waals surface area contributed by atoms with Crippen molar-refractivity contribution in [3.63, 3.8) is 0 Å². The molecule has 1 aliphatic carbocycles. The number of carbonyl (C=O) groups is 1. The summed E-state index contributed by atoms with van der Waals surface area (Å²) in [4.78, 5) is 16.5. The fraction of sp³-hybridized carbons (Fsp3) is 0.235. The van der Waals surface area contributed by atoms with Crippen molar-refractivity contribution in [2.45, 2.75) is 44.8 Å². The Labute approximate surface area is 261 Å². The highest BCUT2D eigenvalue weighted by Gasteiger charge is 2.23. The van der Waals surface area contributed by atoms with Crippen molar-refractivity contribution < 1.29 is 23.1 Å². The molecular weight excluding hydrogens is 598 g/mol. The number of ether oxygens (including phenoxy) is 1. The van der Waals surface area contributed by atoms with Crippen LogP contribution >= 0.6 is 11.6 Å². The van der Waals surface area contributed by atoms with Gasteiger partial charge in [-0.1, -0.05) is 49.1 Å². The van der Waals surface area contributed by atoms with Gasteiger partial charge in [0.2, 0.25) is 10.0 Å². The topological polar surface area (TPSA) is 111 Å². The molecule has 0 atom stereocenters. The minimum atomic E-state index is -3.45. The minimum absolute atomic E-state index is 0.204. The lowest BCUT2D eigenvalue weighted by Gasteiger charge is -2.25. The Bertz CT molecular complexity index is 1930. The summed E-state index contributed by atoms with van der Waals surface area (Å²) in [5.74, 6) is 0.482. The molecule has 1 heterocycles. The van der Waals surface area contributed by atoms with Crippen molar-refractivity contribution >= 4 is 44.3 Å². The zero-order valence-corrected chi connectivity index (χ0v) is 25.7. The van der Waals surface area contributed by atoms with Gasteiger partial charge in [-0.05, 0) is 96.3 Å². The van der Waals surface area contributed by atoms with Crippen LogP contribution in [0.15, 0.2) is 84.9 Å². The van der Waals surface area contributed by atoms with Crippen LogP contribution in [-0.2, 0) is 16.6 Å². The monoisotopic (exact) mass is 629 g/mol. The molecule has 0 radical (unpaired) electrons. The molecule has 1 saturated carbocycles. The van der Waals surface area contributed by atoms with E-state index in [1.165, 1.54) is 6.42 Å². The molecule has 0 spiro atoms. The van der Waals surface area contributed by atoms with Gasteiger partial charge < -0.3 is 14.4 Å². The zero-order valence-electron chi connectivity index (χ0n) is 24.2. The van der Waals surface area contributed by atoms with Crippen LogP contribution in [-0.4, -0.2) is 35.3 Å². The smallest absolute Gasteiger partial charge is 0.335 e. The summed E-state index contributed by atoms with van der Waals surface area (Å²) in [5, 5.41) is 10.1. The summed E-state index contributed by atoms with van der Waals surface area (Å²) < 4.78 is 34.8. The number of aromatic nitrogens is 2. The molecule has 1 fully saturated rings. The van der Waals surface area contributed by atoms with E-state index >= 15 is 0 Å². The molecule has 8 nitrogen and oxygen atoms in total. The highest BCUT2D eigenvalue weighted by Crippen LogP contribution is 2.37. The van der Waals surface area contributed by atoms with Crippen molar-refractivity contribution in [2.75, 3.05) is 11.0 Å². The van der Waals surface area contributed by atoms with Gasteiger partial charge in [-0.15, -0.1) is 0 Å². The fourth-order valence-electron chi connectivity index (χ4n) is 5.91. The number of hydrogen-bond donors (Lipinski definition) is 2. The Morgan fingerprint density at radius 1 is 0.955 bits per heavy atom. The van der Waals surface area contributed by atoms with Gasteiger partial charge in [-0.2, -0.15) is 0 Å². The molecule has 4 aromatic carbocycles. The molecule has 226 valence electrons. The largest absolute Gasteiger partial charge is 0.489 e. The third-order valence-electron chi connectivity index (χ3n) is 7.95. The molecular formula is C34H32ClN3O5S. The first-order valence-corrected chi connectivity index (χ1v) is 16.8. The van der Waals surface area contributed by atoms with E-state index in [1.807, 2.05) is 60.7 Å². The highest BCUT2D eigenvalue weighted by molar-refractivity contribution is 7.92. The van der Waals surface area contributed by atoms with Crippen LogP contribution in [0, 0.1) is 0 Å². The SMILES string of the molecule is CS(=O)(=O)Nc1ccc(-c2ccc(Cl)cc2)c(COc2ccc(-c3nc4cc(C(=O)O)ccc4n3C3CCCCC3)cc2)c1. The molecule has 10 heteroatoms. The number of hydrogen-bond acceptors (Lipinski definition) is 5. The van der Waals surface area contributed by atoms with E-state index in [9.17, 15) is 18.3 Å². The third-order valence-corrected chi connectivity index (χ3v) is 8.81. The van der Waals surface area contributed by atoms with E-state index in [2.05, 4.69) is 9.29 Å². The Morgan fingerprint density at radius 3 is 2.34 bits per heavy atom. The number of carboxylic acids is 1. The minimum Gasteiger partial charge on any atom is -0.489 e. The predicted molar refractivity (Wildman–Crippen MR) is 174 cm³/mol. The number of nitrogens with zero attached hydrogens (tertiary/aromatic N) is 2. The van der Waals surface area contributed by atoms with Crippen LogP contribution < -0.4 is 9.46 Å². The first kappa shape index (κ1) is 29.7. The lowest BCUT2D eigenvalue weighted by atomic mass is 9.95. The molecule has 0 unspecified atom stereocenters. The Balaban J connectivity index is 1.30. The Kier molecular flexibility index (Phi) is 8.33. The van der Waals surface area contributed by atoms with E-state index < -0.39 is 16.0 Å². The van der Waals surface area contributed by atoms with Crippen molar-refractivity contribution in [2.24, 2.45) is 0 Å². The quantitative estimate of drug-likeness (QED) is 0.170. The summed E-state index contributed by atoms with van der Waals surface area (Å²) in [6.07, 6.45) is 6.77. The van der Waals surface area contributed by atoms with Gasteiger partial charge in [0.05, 0.1) is 22.9 Å². The van der Waals surface area contributed by atoms with Gasteiger partial charge in [0.15, 0.2) is 0 Å². The van der Waals surface area contributed by atoms with E-state index in [1.54, 1.807) is 24.3 Å². The van der Waals surface area contributed by atoms with Crippen LogP contribution in [0.1, 0.15) is 54.1 Å². The van der Waals surface area contributed by atoms with Crippen molar-refractivity contribution in [3.8, 4) is 28.3 Å². The second-order valence-electron chi connectivity index (χ2n) is 11.2. The van der Waals surface area contributed by atoms with Crippen LogP contribution in [0.5, 0.6) is 5.75 Å². The first-order valence-electron chi connectivity index (χ1n) is 14.5. The summed E-state index contributed by atoms with van der Waals surface area (Å²) in [7, 11) is -3.45. The molecule has 0 bridgehead atoms. The molecule has 0 saturated heterocycles. The molecule has 44 heavy (non-hydrogen) atoms. The fourth-order valence-corrected chi connectivity index (χ4v) is 6.59. The van der Waals surface area contributed by atoms with Crippen molar-refractivity contribution in [3.05, 3.63) is 101 Å². The maximum Gasteiger partial charge on any atom is 0.335 e. The third kappa shape index (κ3) is 6.59. The molecule has 1 aliphatic rings. The average molecular weight is 630 g/mol. The Hall–Kier alpha value is -4.34. The lowest BCUT2D eigenvalue weighted by Crippen LogP contribution is -2.14. The van der Waals surface area contributed by atoms with Gasteiger partial charge in [0, 0.05) is 22.3 Å². The van der Waals surface area contributed by atoms with E-state index in [-0.39, 0.29) is 12.2 Å². The number of sulfonamides is 1. The molecule has 5 aromatic rings. The number of carboxylic acid groups (broad SMARTS) is 1. The number of rotatable bonds is 9. The van der Waals surface area contributed by atoms with E-state index in [4.69, 9.17) is 21.3 Å². The normalized spacial score (nSPS) is 14.0. The summed E-state index contributed by atoms with van der Waals surface area (Å²) in [5.41, 5.74) is 5.83. The van der Waals surface area contributed by atoms with Crippen LogP contribution in [0.2, 0.25) is 5.02 Å². The predicted octanol–water partition coefficient (Wildman–Crippen LogP) is 8.18. The summed E-state index contributed by atoms with van der Waals surface area (Å²) in [6, 6.07) is 26.0. The lowest BCUT2D eigenvalue weighted by molar-refractivity contribution is 0.0697. The van der Waals surface area contributed by atoms with Crippen LogP contribution in [0.3, 0.4) is 0 Å². The molecule has 2 N–H and O–H groups in total. The summed E-state index contributed by atoms with van der Waals surface area (Å²) in [6.45, 7) is 0.204. The van der Waals surface area contributed by atoms with E-state index in [0.29, 0.717) is 28.0 Å². The molecule has 0 amide bonds. The number of aromatic carboxylic acids is 1. The molecule has 0 aliphatic heterocycles. The maximum atomic E-state index is 11.9. The van der Waals surface area contributed by atoms with Gasteiger partial charge in [-0.25, -0.2) is 18.2 Å². The molecule has 6 rings (SSSR count). The van der Waals surface area contributed by atoms with Gasteiger partial charge in [0.25, 0.3) is 0 Å². The van der Waals surface area contributed by atoms with Gasteiger partial charge >= 0.3 is 5.97 Å². The van der Waals surface area contributed by atoms with E-state index in [0.717, 1.165) is 65.5 Å². The second-order valence-corrected chi connectivity index (χ2v) is 13.4. The number of fused-ring (bicyclic) bond motifs is 1. The number of imidazole rings is 1. The molecule has 1 aromatic heterocycles. The number of halogens is 1. The standard InChI is InChI=1S/C34H32ClN3O5S/c1-44(41,42)37-27-14-17-30(22-7-12-26(35)13-8-22)25(19-27)21-43-29-15-9-23(10-16-29)33-36-31-20-24(34(39)40)11-18-32(31)38(33)28-5-3-2-4-6-28/h7-20,28,37H,2-6,21H2,1H3,(H,39,40). The zero-order chi connectivity index (χ0) is 30.8. The van der Waals surface area contributed by atoms with Gasteiger partial charge in [0.1, 0.15) is 18.2 Å². The van der Waals surface area contributed by atoms with Crippen molar-refractivity contribution in [1.29, 1.82) is 0 Å².